The Labute approximate surface area is 116 Å². The fourth-order valence-corrected chi connectivity index (χ4v) is 1.92. The van der Waals surface area contributed by atoms with Gasteiger partial charge in [-0.2, -0.15) is 8.78 Å². The molecule has 0 saturated carbocycles. The van der Waals surface area contributed by atoms with Crippen LogP contribution in [-0.4, -0.2) is 55.0 Å². The number of carbonyl (C=O) groups excluding carboxylic acids is 2. The number of ether oxygens (including phenoxy) is 3. The van der Waals surface area contributed by atoms with Crippen LogP contribution in [-0.2, 0) is 19.0 Å². The minimum Gasteiger partial charge on any atom is -0.467 e. The van der Waals surface area contributed by atoms with Crippen molar-refractivity contribution in [3.63, 3.8) is 0 Å². The van der Waals surface area contributed by atoms with Crippen molar-refractivity contribution in [2.24, 2.45) is 0 Å². The fraction of sp³-hybridized carbons (Fsp3) is 0.833. The second-order valence-electron chi connectivity index (χ2n) is 5.43. The highest BCUT2D eigenvalue weighted by Crippen LogP contribution is 2.25. The third-order valence-corrected chi connectivity index (χ3v) is 2.66. The van der Waals surface area contributed by atoms with Crippen molar-refractivity contribution < 1.29 is 32.6 Å². The molecule has 20 heavy (non-hydrogen) atoms. The summed E-state index contributed by atoms with van der Waals surface area (Å²) < 4.78 is 38.5. The van der Waals surface area contributed by atoms with Crippen LogP contribution in [0.2, 0.25) is 0 Å². The van der Waals surface area contributed by atoms with E-state index in [-0.39, 0.29) is 13.0 Å². The Morgan fingerprint density at radius 2 is 1.90 bits per heavy atom. The third kappa shape index (κ3) is 4.59. The summed E-state index contributed by atoms with van der Waals surface area (Å²) in [6, 6.07) is -0.974. The summed E-state index contributed by atoms with van der Waals surface area (Å²) in [4.78, 5) is 24.6. The molecule has 8 heteroatoms. The summed E-state index contributed by atoms with van der Waals surface area (Å²) in [6.07, 6.45) is -1.73. The molecule has 1 amide bonds. The predicted molar refractivity (Wildman–Crippen MR) is 64.2 cm³/mol. The van der Waals surface area contributed by atoms with Crippen molar-refractivity contribution in [3.05, 3.63) is 0 Å². The van der Waals surface area contributed by atoms with Crippen molar-refractivity contribution >= 4 is 12.1 Å². The van der Waals surface area contributed by atoms with E-state index in [2.05, 4.69) is 9.47 Å². The Bertz CT molecular complexity index is 369. The van der Waals surface area contributed by atoms with E-state index in [1.165, 1.54) is 0 Å². The highest BCUT2D eigenvalue weighted by atomic mass is 19.3. The maximum Gasteiger partial charge on any atom is 0.411 e. The average Bonchev–Trinajstić information content (AvgIpc) is 2.68. The van der Waals surface area contributed by atoms with Gasteiger partial charge in [0.2, 0.25) is 0 Å². The number of hydrogen-bond donors (Lipinski definition) is 0. The molecule has 1 fully saturated rings. The van der Waals surface area contributed by atoms with Crippen LogP contribution < -0.4 is 0 Å². The monoisotopic (exact) mass is 295 g/mol. The molecule has 1 aliphatic rings. The van der Waals surface area contributed by atoms with Crippen molar-refractivity contribution in [1.29, 1.82) is 0 Å². The van der Waals surface area contributed by atoms with Gasteiger partial charge >= 0.3 is 18.7 Å². The number of alkyl halides is 2. The molecule has 1 aliphatic heterocycles. The van der Waals surface area contributed by atoms with Crippen LogP contribution in [0.3, 0.4) is 0 Å². The second-order valence-corrected chi connectivity index (χ2v) is 5.43. The first kappa shape index (κ1) is 16.6. The lowest BCUT2D eigenvalue weighted by molar-refractivity contribution is -0.159. The maximum absolute atomic E-state index is 12.2. The largest absolute Gasteiger partial charge is 0.467 e. The molecule has 0 aromatic carbocycles. The summed E-state index contributed by atoms with van der Waals surface area (Å²) in [5, 5.41) is 0. The zero-order valence-electron chi connectivity index (χ0n) is 11.9. The highest BCUT2D eigenvalue weighted by molar-refractivity contribution is 5.82. The van der Waals surface area contributed by atoms with Crippen LogP contribution in [0.25, 0.3) is 0 Å². The van der Waals surface area contributed by atoms with Gasteiger partial charge in [-0.25, -0.2) is 9.59 Å². The summed E-state index contributed by atoms with van der Waals surface area (Å²) in [7, 11) is 1.16. The van der Waals surface area contributed by atoms with Gasteiger partial charge in [0, 0.05) is 6.42 Å². The van der Waals surface area contributed by atoms with Crippen LogP contribution in [0.15, 0.2) is 0 Å². The zero-order chi connectivity index (χ0) is 15.5. The molecule has 0 unspecified atom stereocenters. The standard InChI is InChI=1S/C12H19F2NO5/c1-12(2,3)20-11(17)15-6-7(19-10(13)14)5-8(15)9(16)18-4/h7-8,10H,5-6H2,1-4H3/t7-,8-/m1/s1. The van der Waals surface area contributed by atoms with E-state index in [0.717, 1.165) is 12.0 Å². The molecule has 1 rings (SSSR count). The zero-order valence-corrected chi connectivity index (χ0v) is 11.9. The van der Waals surface area contributed by atoms with Crippen LogP contribution in [0.4, 0.5) is 13.6 Å². The molecule has 0 N–H and O–H groups in total. The molecule has 0 bridgehead atoms. The number of rotatable bonds is 3. The first-order valence-corrected chi connectivity index (χ1v) is 6.15. The molecule has 0 aromatic heterocycles. The maximum atomic E-state index is 12.2. The molecule has 1 saturated heterocycles. The normalized spacial score (nSPS) is 23.1. The van der Waals surface area contributed by atoms with Gasteiger partial charge in [0.1, 0.15) is 11.6 Å². The van der Waals surface area contributed by atoms with E-state index in [4.69, 9.17) is 4.74 Å². The minimum atomic E-state index is -2.96. The van der Waals surface area contributed by atoms with Gasteiger partial charge in [-0.1, -0.05) is 0 Å². The summed E-state index contributed by atoms with van der Waals surface area (Å²) in [5.41, 5.74) is -0.751. The van der Waals surface area contributed by atoms with E-state index in [9.17, 15) is 18.4 Å². The molecule has 2 atom stereocenters. The molecule has 0 radical (unpaired) electrons. The Morgan fingerprint density at radius 1 is 1.30 bits per heavy atom. The molecular weight excluding hydrogens is 276 g/mol. The molecule has 1 heterocycles. The Balaban J connectivity index is 2.79. The Morgan fingerprint density at radius 3 is 2.35 bits per heavy atom. The topological polar surface area (TPSA) is 65.1 Å². The molecule has 0 spiro atoms. The van der Waals surface area contributed by atoms with Crippen LogP contribution in [0.1, 0.15) is 27.2 Å². The Hall–Kier alpha value is -1.44. The van der Waals surface area contributed by atoms with E-state index in [1.54, 1.807) is 20.8 Å². The number of nitrogens with zero attached hydrogens (tertiary/aromatic N) is 1. The lowest BCUT2D eigenvalue weighted by Gasteiger charge is -2.27. The van der Waals surface area contributed by atoms with Crippen LogP contribution >= 0.6 is 0 Å². The number of esters is 1. The Kier molecular flexibility index (Phi) is 5.27. The summed E-state index contributed by atoms with van der Waals surface area (Å²) in [6.45, 7) is 1.90. The van der Waals surface area contributed by atoms with Gasteiger partial charge in [0.25, 0.3) is 0 Å². The molecule has 6 nitrogen and oxygen atoms in total. The number of halogens is 2. The van der Waals surface area contributed by atoms with Gasteiger partial charge < -0.3 is 14.2 Å². The summed E-state index contributed by atoms with van der Waals surface area (Å²) >= 11 is 0. The number of likely N-dealkylation sites (tertiary alicyclic amines) is 1. The molecule has 116 valence electrons. The number of amides is 1. The van der Waals surface area contributed by atoms with E-state index < -0.39 is 36.4 Å². The number of methoxy groups -OCH3 is 1. The van der Waals surface area contributed by atoms with Crippen LogP contribution in [0.5, 0.6) is 0 Å². The fourth-order valence-electron chi connectivity index (χ4n) is 1.92. The first-order valence-electron chi connectivity index (χ1n) is 6.15. The van der Waals surface area contributed by atoms with Gasteiger partial charge in [-0.3, -0.25) is 4.90 Å². The summed E-state index contributed by atoms with van der Waals surface area (Å²) in [5.74, 6) is -0.684. The van der Waals surface area contributed by atoms with E-state index in [0.29, 0.717) is 0 Å². The first-order chi connectivity index (χ1) is 9.14. The lowest BCUT2D eigenvalue weighted by atomic mass is 10.2. The van der Waals surface area contributed by atoms with Gasteiger partial charge in [0.15, 0.2) is 0 Å². The van der Waals surface area contributed by atoms with Crippen molar-refractivity contribution in [2.75, 3.05) is 13.7 Å². The quantitative estimate of drug-likeness (QED) is 0.743. The van der Waals surface area contributed by atoms with Gasteiger partial charge in [-0.15, -0.1) is 0 Å². The molecule has 0 aromatic rings. The number of carbonyl (C=O) groups is 2. The van der Waals surface area contributed by atoms with Crippen molar-refractivity contribution in [2.45, 2.75) is 51.6 Å². The lowest BCUT2D eigenvalue weighted by Crippen LogP contribution is -2.44. The second kappa shape index (κ2) is 6.34. The van der Waals surface area contributed by atoms with E-state index >= 15 is 0 Å². The minimum absolute atomic E-state index is 0.0454. The SMILES string of the molecule is COC(=O)[C@H]1C[C@@H](OC(F)F)CN1C(=O)OC(C)(C)C. The average molecular weight is 295 g/mol. The third-order valence-electron chi connectivity index (χ3n) is 2.66. The van der Waals surface area contributed by atoms with Crippen molar-refractivity contribution in [3.8, 4) is 0 Å². The number of hydrogen-bond acceptors (Lipinski definition) is 5. The van der Waals surface area contributed by atoms with Gasteiger partial charge in [0.05, 0.1) is 19.8 Å². The molecular formula is C12H19F2NO5. The van der Waals surface area contributed by atoms with Gasteiger partial charge in [-0.05, 0) is 20.8 Å². The molecule has 0 aliphatic carbocycles. The smallest absolute Gasteiger partial charge is 0.411 e. The van der Waals surface area contributed by atoms with Crippen molar-refractivity contribution in [1.82, 2.24) is 4.90 Å². The highest BCUT2D eigenvalue weighted by Gasteiger charge is 2.43. The van der Waals surface area contributed by atoms with Crippen LogP contribution in [0, 0.1) is 0 Å². The van der Waals surface area contributed by atoms with E-state index in [1.807, 2.05) is 0 Å². The predicted octanol–water partition coefficient (Wildman–Crippen LogP) is 1.78.